The van der Waals surface area contributed by atoms with Crippen molar-refractivity contribution in [1.82, 2.24) is 5.32 Å². The van der Waals surface area contributed by atoms with Crippen molar-refractivity contribution in [1.29, 1.82) is 0 Å². The monoisotopic (exact) mass is 527 g/mol. The van der Waals surface area contributed by atoms with E-state index in [1.807, 2.05) is 48.6 Å². The zero-order valence-electron chi connectivity index (χ0n) is 20.2. The Morgan fingerprint density at radius 2 is 1.68 bits per heavy atom. The first-order valence-corrected chi connectivity index (χ1v) is 12.3. The van der Waals surface area contributed by atoms with Crippen LogP contribution in [0.5, 0.6) is 5.75 Å². The fourth-order valence-electron chi connectivity index (χ4n) is 4.17. The lowest BCUT2D eigenvalue weighted by atomic mass is 10.1. The lowest BCUT2D eigenvalue weighted by Gasteiger charge is -2.10. The van der Waals surface area contributed by atoms with E-state index in [-0.39, 0.29) is 23.9 Å². The number of fused-ring (bicyclic) bond motifs is 1. The van der Waals surface area contributed by atoms with Crippen LogP contribution in [0.15, 0.2) is 114 Å². The molecule has 1 aliphatic carbocycles. The second kappa shape index (κ2) is 11.3. The number of nitrogens with one attached hydrogen (secondary N) is 1. The molecule has 0 bridgehead atoms. The molecule has 2 aliphatic rings. The Morgan fingerprint density at radius 3 is 2.39 bits per heavy atom. The third-order valence-electron chi connectivity index (χ3n) is 6.14. The molecule has 0 radical (unpaired) electrons. The summed E-state index contributed by atoms with van der Waals surface area (Å²) in [6.45, 7) is 0.307. The van der Waals surface area contributed by atoms with E-state index in [4.69, 9.17) is 21.1 Å². The van der Waals surface area contributed by atoms with Gasteiger partial charge < -0.3 is 14.8 Å². The molecular formula is C31H23ClFNO4. The van der Waals surface area contributed by atoms with Crippen molar-refractivity contribution in [2.45, 2.75) is 19.1 Å². The molecule has 1 unspecified atom stereocenters. The van der Waals surface area contributed by atoms with Gasteiger partial charge >= 0.3 is 0 Å². The van der Waals surface area contributed by atoms with Crippen LogP contribution in [-0.4, -0.2) is 18.3 Å². The lowest BCUT2D eigenvalue weighted by Crippen LogP contribution is -2.26. The van der Waals surface area contributed by atoms with Gasteiger partial charge in [-0.25, -0.2) is 4.39 Å². The number of hydrogen-bond donors (Lipinski definition) is 1. The van der Waals surface area contributed by atoms with Gasteiger partial charge in [-0.1, -0.05) is 66.2 Å². The molecule has 0 saturated carbocycles. The standard InChI is InChI=1S/C31H23ClFNO4/c32-24-9-5-22(6-10-24)23-7-15-27-28(16-8-23)38-29(18-35)31(27)34-30(36)17-20-3-13-26(14-4-20)37-19-21-1-11-25(33)12-2-21/h1-16,18,28H,17,19H2,(H,34,36). The third kappa shape index (κ3) is 5.93. The Bertz CT molecular complexity index is 1470. The van der Waals surface area contributed by atoms with Crippen LogP contribution in [-0.2, 0) is 27.4 Å². The zero-order chi connectivity index (χ0) is 26.5. The summed E-state index contributed by atoms with van der Waals surface area (Å²) in [6, 6.07) is 20.8. The molecule has 5 nitrogen and oxygen atoms in total. The minimum Gasteiger partial charge on any atom is -0.489 e. The molecule has 3 aromatic carbocycles. The van der Waals surface area contributed by atoms with Crippen LogP contribution in [0.2, 0.25) is 5.02 Å². The van der Waals surface area contributed by atoms with E-state index in [9.17, 15) is 14.0 Å². The molecule has 0 aromatic heterocycles. The smallest absolute Gasteiger partial charge is 0.228 e. The van der Waals surface area contributed by atoms with Crippen LogP contribution >= 0.6 is 11.6 Å². The van der Waals surface area contributed by atoms with E-state index >= 15 is 0 Å². The molecule has 1 heterocycles. The minimum atomic E-state index is -0.482. The van der Waals surface area contributed by atoms with Gasteiger partial charge in [-0.15, -0.1) is 0 Å². The average Bonchev–Trinajstić information content (AvgIpc) is 3.11. The summed E-state index contributed by atoms with van der Waals surface area (Å²) >= 11 is 6.00. The number of hydrogen-bond acceptors (Lipinski definition) is 4. The normalized spacial score (nSPS) is 16.1. The highest BCUT2D eigenvalue weighted by molar-refractivity contribution is 6.30. The van der Waals surface area contributed by atoms with Crippen LogP contribution in [0.4, 0.5) is 4.39 Å². The molecule has 7 heteroatoms. The Hall–Kier alpha value is -4.42. The molecule has 38 heavy (non-hydrogen) atoms. The molecule has 0 fully saturated rings. The van der Waals surface area contributed by atoms with Gasteiger partial charge in [-0.2, -0.15) is 0 Å². The first-order valence-electron chi connectivity index (χ1n) is 12.0. The number of benzene rings is 3. The van der Waals surface area contributed by atoms with Gasteiger partial charge in [0.05, 0.1) is 12.1 Å². The second-order valence-electron chi connectivity index (χ2n) is 8.79. The Morgan fingerprint density at radius 1 is 0.974 bits per heavy atom. The van der Waals surface area contributed by atoms with Gasteiger partial charge in [0, 0.05) is 10.6 Å². The summed E-state index contributed by atoms with van der Waals surface area (Å²) < 4.78 is 24.6. The molecule has 1 amide bonds. The first kappa shape index (κ1) is 25.2. The Balaban J connectivity index is 1.24. The fourth-order valence-corrected chi connectivity index (χ4v) is 4.29. The molecular weight excluding hydrogens is 505 g/mol. The van der Waals surface area contributed by atoms with Gasteiger partial charge in [0.1, 0.15) is 24.3 Å². The van der Waals surface area contributed by atoms with Crippen LogP contribution < -0.4 is 10.1 Å². The summed E-state index contributed by atoms with van der Waals surface area (Å²) in [5.74, 6) is 0.153. The number of carbonyl (C=O) groups is 2. The third-order valence-corrected chi connectivity index (χ3v) is 6.40. The minimum absolute atomic E-state index is 0.0899. The maximum Gasteiger partial charge on any atom is 0.228 e. The van der Waals surface area contributed by atoms with Crippen molar-refractivity contribution in [3.05, 3.63) is 142 Å². The first-order chi connectivity index (χ1) is 18.5. The van der Waals surface area contributed by atoms with Crippen LogP contribution in [0.3, 0.4) is 0 Å². The highest BCUT2D eigenvalue weighted by Gasteiger charge is 2.31. The number of aldehydes is 1. The Labute approximate surface area is 224 Å². The average molecular weight is 528 g/mol. The molecule has 1 N–H and O–H groups in total. The van der Waals surface area contributed by atoms with Crippen molar-refractivity contribution in [3.8, 4) is 5.75 Å². The molecule has 190 valence electrons. The predicted octanol–water partition coefficient (Wildman–Crippen LogP) is 6.11. The van der Waals surface area contributed by atoms with Crippen LogP contribution in [0.1, 0.15) is 16.7 Å². The molecule has 3 aromatic rings. The van der Waals surface area contributed by atoms with E-state index in [2.05, 4.69) is 5.32 Å². The molecule has 0 spiro atoms. The van der Waals surface area contributed by atoms with Gasteiger partial charge in [0.15, 0.2) is 12.0 Å². The highest BCUT2D eigenvalue weighted by atomic mass is 35.5. The van der Waals surface area contributed by atoms with Gasteiger partial charge in [0.25, 0.3) is 0 Å². The zero-order valence-corrected chi connectivity index (χ0v) is 21.0. The van der Waals surface area contributed by atoms with E-state index in [0.29, 0.717) is 34.9 Å². The highest BCUT2D eigenvalue weighted by Crippen LogP contribution is 2.33. The molecule has 1 atom stereocenters. The fraction of sp³-hybridized carbons (Fsp3) is 0.0968. The number of ether oxygens (including phenoxy) is 2. The van der Waals surface area contributed by atoms with Gasteiger partial charge in [-0.05, 0) is 64.7 Å². The van der Waals surface area contributed by atoms with Crippen LogP contribution in [0.25, 0.3) is 5.57 Å². The van der Waals surface area contributed by atoms with E-state index in [1.165, 1.54) is 12.1 Å². The molecule has 1 aliphatic heterocycles. The van der Waals surface area contributed by atoms with Crippen molar-refractivity contribution in [2.75, 3.05) is 0 Å². The number of rotatable bonds is 8. The quantitative estimate of drug-likeness (QED) is 0.359. The van der Waals surface area contributed by atoms with E-state index < -0.39 is 6.10 Å². The van der Waals surface area contributed by atoms with Gasteiger partial charge in [-0.3, -0.25) is 9.59 Å². The SMILES string of the molecule is O=CC1=C(NC(=O)Cc2ccc(OCc3ccc(F)cc3)cc2)C2=CC=C(c3ccc(Cl)cc3)C=CC2O1. The lowest BCUT2D eigenvalue weighted by molar-refractivity contribution is -0.119. The molecule has 0 saturated heterocycles. The number of amides is 1. The summed E-state index contributed by atoms with van der Waals surface area (Å²) in [5, 5.41) is 3.51. The Kier molecular flexibility index (Phi) is 7.52. The summed E-state index contributed by atoms with van der Waals surface area (Å²) in [7, 11) is 0. The number of carbonyl (C=O) groups excluding carboxylic acids is 2. The largest absolute Gasteiger partial charge is 0.489 e. The number of allylic oxidation sites excluding steroid dienone is 5. The van der Waals surface area contributed by atoms with Crippen molar-refractivity contribution in [3.63, 3.8) is 0 Å². The van der Waals surface area contributed by atoms with Crippen LogP contribution in [0, 0.1) is 5.82 Å². The van der Waals surface area contributed by atoms with Crippen molar-refractivity contribution >= 4 is 29.4 Å². The van der Waals surface area contributed by atoms with Crippen molar-refractivity contribution in [2.24, 2.45) is 0 Å². The topological polar surface area (TPSA) is 64.6 Å². The molecule has 5 rings (SSSR count). The number of halogens is 2. The summed E-state index contributed by atoms with van der Waals surface area (Å²) in [4.78, 5) is 24.6. The summed E-state index contributed by atoms with van der Waals surface area (Å²) in [5.41, 5.74) is 4.63. The predicted molar refractivity (Wildman–Crippen MR) is 144 cm³/mol. The second-order valence-corrected chi connectivity index (χ2v) is 9.23. The maximum absolute atomic E-state index is 13.0. The van der Waals surface area contributed by atoms with Crippen molar-refractivity contribution < 1.29 is 23.5 Å². The summed E-state index contributed by atoms with van der Waals surface area (Å²) in [6.07, 6.45) is 7.78. The van der Waals surface area contributed by atoms with Gasteiger partial charge in [0.2, 0.25) is 5.91 Å². The van der Waals surface area contributed by atoms with E-state index in [1.54, 1.807) is 36.4 Å². The maximum atomic E-state index is 13.0. The van der Waals surface area contributed by atoms with E-state index in [0.717, 1.165) is 22.3 Å².